The number of benzene rings is 1. The van der Waals surface area contributed by atoms with Crippen LogP contribution in [0.5, 0.6) is 0 Å². The highest BCUT2D eigenvalue weighted by Crippen LogP contribution is 2.27. The Morgan fingerprint density at radius 2 is 2.07 bits per heavy atom. The summed E-state index contributed by atoms with van der Waals surface area (Å²) in [5, 5.41) is 3.50. The summed E-state index contributed by atoms with van der Waals surface area (Å²) in [5.41, 5.74) is 9.01. The maximum atomic E-state index is 5.77. The van der Waals surface area contributed by atoms with Crippen molar-refractivity contribution >= 4 is 17.5 Å². The van der Waals surface area contributed by atoms with Crippen LogP contribution in [0.4, 0.5) is 17.5 Å². The fourth-order valence-corrected chi connectivity index (χ4v) is 3.71. The molecule has 4 rings (SSSR count). The maximum Gasteiger partial charge on any atom is 0.224 e. The fraction of sp³-hybridized carbons (Fsp3) is 0.429. The van der Waals surface area contributed by atoms with Crippen LogP contribution in [0.1, 0.15) is 25.8 Å². The summed E-state index contributed by atoms with van der Waals surface area (Å²) < 4.78 is 5.51. The Morgan fingerprint density at radius 1 is 1.25 bits per heavy atom. The minimum absolute atomic E-state index is 0.346. The van der Waals surface area contributed by atoms with Crippen LogP contribution < -0.4 is 16.0 Å². The van der Waals surface area contributed by atoms with Crippen LogP contribution in [-0.4, -0.2) is 40.7 Å². The summed E-state index contributed by atoms with van der Waals surface area (Å²) in [6.45, 7) is 7.78. The fourth-order valence-electron chi connectivity index (χ4n) is 3.71. The number of nitrogen functional groups attached to an aromatic ring is 1. The number of nitrogens with one attached hydrogen (secondary N) is 1. The molecule has 7 nitrogen and oxygen atoms in total. The van der Waals surface area contributed by atoms with Crippen molar-refractivity contribution in [1.29, 1.82) is 0 Å². The van der Waals surface area contributed by atoms with Crippen molar-refractivity contribution in [1.82, 2.24) is 14.9 Å². The van der Waals surface area contributed by atoms with Gasteiger partial charge < -0.3 is 15.8 Å². The second-order valence-corrected chi connectivity index (χ2v) is 7.77. The van der Waals surface area contributed by atoms with Crippen molar-refractivity contribution in [2.75, 3.05) is 35.8 Å². The van der Waals surface area contributed by atoms with Crippen molar-refractivity contribution in [3.63, 3.8) is 0 Å². The highest BCUT2D eigenvalue weighted by atomic mass is 16.5. The Labute approximate surface area is 166 Å². The predicted octanol–water partition coefficient (Wildman–Crippen LogP) is 3.04. The van der Waals surface area contributed by atoms with Gasteiger partial charge in [-0.3, -0.25) is 9.80 Å². The molecule has 1 fully saturated rings. The molecule has 0 spiro atoms. The van der Waals surface area contributed by atoms with Crippen molar-refractivity contribution in [3.05, 3.63) is 54.1 Å². The number of nitrogens with two attached hydrogens (primary N) is 1. The number of aromatic nitrogens is 2. The third kappa shape index (κ3) is 4.20. The Bertz CT molecular complexity index is 835. The molecule has 3 N–H and O–H groups in total. The van der Waals surface area contributed by atoms with Gasteiger partial charge in [-0.25, -0.2) is 4.98 Å². The number of ether oxygens (including phenoxy) is 1. The maximum absolute atomic E-state index is 5.77. The van der Waals surface area contributed by atoms with Gasteiger partial charge in [0.2, 0.25) is 5.95 Å². The lowest BCUT2D eigenvalue weighted by molar-refractivity contribution is 0.281. The van der Waals surface area contributed by atoms with E-state index in [4.69, 9.17) is 15.5 Å². The van der Waals surface area contributed by atoms with Crippen LogP contribution in [0.2, 0.25) is 0 Å². The van der Waals surface area contributed by atoms with E-state index in [9.17, 15) is 0 Å². The molecule has 1 unspecified atom stereocenters. The van der Waals surface area contributed by atoms with E-state index in [2.05, 4.69) is 46.1 Å². The number of hydrogen-bond donors (Lipinski definition) is 2. The van der Waals surface area contributed by atoms with Gasteiger partial charge >= 0.3 is 0 Å². The SMILES string of the molecule is CC(C)C1=COCN1c1ccnc(NC2CCN(Cc3ccc(N)cc3)C2)n1. The summed E-state index contributed by atoms with van der Waals surface area (Å²) >= 11 is 0. The van der Waals surface area contributed by atoms with Gasteiger partial charge in [-0.2, -0.15) is 4.98 Å². The molecule has 1 saturated heterocycles. The van der Waals surface area contributed by atoms with Crippen molar-refractivity contribution in [3.8, 4) is 0 Å². The van der Waals surface area contributed by atoms with E-state index < -0.39 is 0 Å². The topological polar surface area (TPSA) is 79.5 Å². The lowest BCUT2D eigenvalue weighted by Gasteiger charge is -2.22. The van der Waals surface area contributed by atoms with Gasteiger partial charge in [-0.05, 0) is 36.1 Å². The van der Waals surface area contributed by atoms with Crippen LogP contribution in [0, 0.1) is 5.92 Å². The van der Waals surface area contributed by atoms with E-state index in [1.54, 1.807) is 0 Å². The molecule has 0 aliphatic carbocycles. The summed E-state index contributed by atoms with van der Waals surface area (Å²) in [4.78, 5) is 13.7. The number of likely N-dealkylation sites (tertiary alicyclic amines) is 1. The highest BCUT2D eigenvalue weighted by molar-refractivity contribution is 5.49. The van der Waals surface area contributed by atoms with Gasteiger partial charge in [0.15, 0.2) is 6.73 Å². The Kier molecular flexibility index (Phi) is 5.34. The average Bonchev–Trinajstić information content (AvgIpc) is 3.34. The molecule has 0 bridgehead atoms. The highest BCUT2D eigenvalue weighted by Gasteiger charge is 2.25. The molecule has 1 atom stereocenters. The molecule has 148 valence electrons. The molecule has 3 heterocycles. The average molecular weight is 380 g/mol. The molecule has 28 heavy (non-hydrogen) atoms. The van der Waals surface area contributed by atoms with Crippen LogP contribution >= 0.6 is 0 Å². The Hall–Kier alpha value is -2.80. The molecule has 7 heteroatoms. The number of rotatable bonds is 6. The second-order valence-electron chi connectivity index (χ2n) is 7.77. The Morgan fingerprint density at radius 3 is 2.86 bits per heavy atom. The monoisotopic (exact) mass is 380 g/mol. The molecule has 2 aliphatic heterocycles. The number of allylic oxidation sites excluding steroid dienone is 1. The zero-order chi connectivity index (χ0) is 19.5. The normalized spacial score (nSPS) is 19.8. The smallest absolute Gasteiger partial charge is 0.224 e. The first kappa shape index (κ1) is 18.6. The number of anilines is 3. The van der Waals surface area contributed by atoms with E-state index in [1.807, 2.05) is 30.7 Å². The van der Waals surface area contributed by atoms with Gasteiger partial charge in [0.05, 0.1) is 5.70 Å². The zero-order valence-electron chi connectivity index (χ0n) is 16.5. The second kappa shape index (κ2) is 8.06. The van der Waals surface area contributed by atoms with Gasteiger partial charge in [0.1, 0.15) is 12.1 Å². The lowest BCUT2D eigenvalue weighted by atomic mass is 10.1. The van der Waals surface area contributed by atoms with E-state index in [1.165, 1.54) is 5.56 Å². The van der Waals surface area contributed by atoms with E-state index in [0.29, 0.717) is 24.6 Å². The largest absolute Gasteiger partial charge is 0.478 e. The summed E-state index contributed by atoms with van der Waals surface area (Å²) in [7, 11) is 0. The van der Waals surface area contributed by atoms with Crippen molar-refractivity contribution in [2.24, 2.45) is 5.92 Å². The summed E-state index contributed by atoms with van der Waals surface area (Å²) in [6.07, 6.45) is 4.71. The van der Waals surface area contributed by atoms with Crippen LogP contribution in [0.3, 0.4) is 0 Å². The lowest BCUT2D eigenvalue weighted by Crippen LogP contribution is -2.27. The van der Waals surface area contributed by atoms with Crippen LogP contribution in [0.25, 0.3) is 0 Å². The molecule has 2 aromatic rings. The third-order valence-corrected chi connectivity index (χ3v) is 5.22. The van der Waals surface area contributed by atoms with Crippen molar-refractivity contribution < 1.29 is 4.74 Å². The first-order chi connectivity index (χ1) is 13.6. The van der Waals surface area contributed by atoms with Gasteiger partial charge in [-0.15, -0.1) is 0 Å². The van der Waals surface area contributed by atoms with Gasteiger partial charge in [-0.1, -0.05) is 26.0 Å². The standard InChI is InChI=1S/C21H28N6O/c1-15(2)19-13-28-14-27(19)20-7-9-23-21(25-20)24-18-8-10-26(12-18)11-16-3-5-17(22)6-4-16/h3-7,9,13,15,18H,8,10-12,14,22H2,1-2H3,(H,23,24,25). The van der Waals surface area contributed by atoms with E-state index in [0.717, 1.165) is 43.3 Å². The first-order valence-corrected chi connectivity index (χ1v) is 9.84. The van der Waals surface area contributed by atoms with Gasteiger partial charge in [0, 0.05) is 37.6 Å². The summed E-state index contributed by atoms with van der Waals surface area (Å²) in [6, 6.07) is 10.4. The van der Waals surface area contributed by atoms with Crippen molar-refractivity contribution in [2.45, 2.75) is 32.9 Å². The Balaban J connectivity index is 1.36. The van der Waals surface area contributed by atoms with Crippen LogP contribution in [-0.2, 0) is 11.3 Å². The molecule has 0 radical (unpaired) electrons. The molecule has 0 amide bonds. The van der Waals surface area contributed by atoms with Crippen LogP contribution in [0.15, 0.2) is 48.5 Å². The number of nitrogens with zero attached hydrogens (tertiary/aromatic N) is 4. The minimum Gasteiger partial charge on any atom is -0.478 e. The number of hydrogen-bond acceptors (Lipinski definition) is 7. The molecule has 1 aromatic carbocycles. The molecule has 2 aliphatic rings. The molecular formula is C21H28N6O. The van der Waals surface area contributed by atoms with E-state index >= 15 is 0 Å². The van der Waals surface area contributed by atoms with E-state index in [-0.39, 0.29) is 0 Å². The molecule has 0 saturated carbocycles. The summed E-state index contributed by atoms with van der Waals surface area (Å²) in [5.74, 6) is 1.92. The minimum atomic E-state index is 0.346. The molecular weight excluding hydrogens is 352 g/mol. The molecule has 1 aromatic heterocycles. The van der Waals surface area contributed by atoms with Gasteiger partial charge in [0.25, 0.3) is 0 Å². The first-order valence-electron chi connectivity index (χ1n) is 9.84. The third-order valence-electron chi connectivity index (χ3n) is 5.22. The predicted molar refractivity (Wildman–Crippen MR) is 112 cm³/mol. The zero-order valence-corrected chi connectivity index (χ0v) is 16.5. The quantitative estimate of drug-likeness (QED) is 0.746.